The third-order valence-electron chi connectivity index (χ3n) is 27.0. The Kier molecular flexibility index (Phi) is 33.4. The van der Waals surface area contributed by atoms with Crippen LogP contribution in [0.1, 0.15) is 111 Å². The van der Waals surface area contributed by atoms with Crippen molar-refractivity contribution in [3.8, 4) is 136 Å². The maximum absolute atomic E-state index is 15.6. The summed E-state index contributed by atoms with van der Waals surface area (Å²) in [5, 5.41) is 12.3. The van der Waals surface area contributed by atoms with Gasteiger partial charge in [0.15, 0.2) is 46.6 Å². The van der Waals surface area contributed by atoms with Gasteiger partial charge in [-0.25, -0.2) is 58.9 Å². The van der Waals surface area contributed by atoms with Gasteiger partial charge in [-0.3, -0.25) is 0 Å². The molecule has 18 aromatic rings. The predicted molar refractivity (Wildman–Crippen MR) is 548 cm³/mol. The van der Waals surface area contributed by atoms with Crippen molar-refractivity contribution in [2.45, 2.75) is 124 Å². The molecule has 6 heterocycles. The summed E-state index contributed by atoms with van der Waals surface area (Å²) in [5.74, 6) is 4.09. The van der Waals surface area contributed by atoms with Crippen LogP contribution in [0, 0.1) is 117 Å². The minimum atomic E-state index is -3.15. The quantitative estimate of drug-likeness (QED) is 0.0463. The number of halogens is 1. The van der Waals surface area contributed by atoms with Crippen LogP contribution in [0.3, 0.4) is 0 Å². The van der Waals surface area contributed by atoms with Crippen molar-refractivity contribution in [2.75, 3.05) is 10.2 Å². The number of hydrogen-bond donors (Lipinski definition) is 1. The molecule has 0 amide bonds. The van der Waals surface area contributed by atoms with Crippen molar-refractivity contribution in [2.24, 2.45) is 0 Å². The van der Waals surface area contributed by atoms with Crippen LogP contribution in [0.2, 0.25) is 0 Å². The molecule has 20 rings (SSSR count). The molecule has 137 heavy (non-hydrogen) atoms. The van der Waals surface area contributed by atoms with E-state index in [-0.39, 0.29) is 51.4 Å². The molecule has 1 unspecified atom stereocenters. The van der Waals surface area contributed by atoms with E-state index in [2.05, 4.69) is 186 Å². The number of nitrogens with zero attached hydrogens (tertiary/aromatic N) is 11. The van der Waals surface area contributed by atoms with E-state index in [0.717, 1.165) is 85.6 Å². The summed E-state index contributed by atoms with van der Waals surface area (Å²) in [6.07, 6.45) is 1.93. The SMILES string of the molecule is Cc1c(C)c(C)c2c(c1C)Cc1c(C)c(C)c(C)c(C)c1N2.Cc1c(C)c(C)c2c(c1C)Cc1c(C)c(C)c(C)c(C)c1N2c1ccc(-c2nc(-c3ccccc3)nc(-c3ccccc3)n2)cc1-c1cc(-c2ccccc2)nc(-c2ccccc2)n1.Fc1ccc(-c2nc(-c3ccccc3)nc(-c3ccccc3)n2)cc1-c1cc(-c2ccccc2)nc(-c2ccccc2)n1.O=[P+]([O-])O[O-].[K+].[K][K]. The Balaban J connectivity index is 0.000000167. The molecule has 2 aliphatic rings. The summed E-state index contributed by atoms with van der Waals surface area (Å²) in [7, 11) is -3.15. The Morgan fingerprint density at radius 3 is 0.825 bits per heavy atom. The van der Waals surface area contributed by atoms with Crippen LogP contribution in [-0.2, 0) is 22.1 Å². The molecule has 14 aromatic carbocycles. The van der Waals surface area contributed by atoms with E-state index in [4.69, 9.17) is 64.6 Å². The van der Waals surface area contributed by atoms with Crippen molar-refractivity contribution in [3.63, 3.8) is 0 Å². The molecule has 1 N–H and O–H groups in total. The standard InChI is InChI=1S/C58H50N6.C37H24FN5.C21H27N.3K.HO4P/c1-34-36(3)40(7)53-47(38(34)5)32-48-39(6)35(2)37(4)41(8)54(48)64(53)52-30-29-46(58-62-56(44-25-17-11-18-26-44)61-57(63-58)45-27-19-12-20-28-45)31-49(52)51-33-50(42-21-13-9-14-22-42)59-55(60-51)43-23-15-10-16-24-43;38-31-22-21-29(37-42-35(27-17-9-3-10-18-27)41-36(43-37)28-19-11-4-12-20-28)23-30(31)33-24-32(25-13-5-1-6-14-25)39-34(40-33)26-15-7-2-8-16-26;1-10-12(3)16(7)20-18(14(10)5)9-19-15(6)11(2)13(4)17(8)21(19)22-20;;;;1-4-5(2)3/h9-31,33H,32H2,1-8H3;1-24H;22H,9H2,1-8H3;;;;1H/q;;;;;+1;/p-1. The Morgan fingerprint density at radius 1 is 0.285 bits per heavy atom. The summed E-state index contributed by atoms with van der Waals surface area (Å²) in [4.78, 5) is 61.6. The van der Waals surface area contributed by atoms with E-state index in [9.17, 15) is 0 Å². The zero-order valence-corrected chi connectivity index (χ0v) is 91.3. The van der Waals surface area contributed by atoms with Gasteiger partial charge < -0.3 is 20.4 Å². The van der Waals surface area contributed by atoms with Crippen LogP contribution >= 0.6 is 8.25 Å². The monoisotopic (exact) mass is 1890 g/mol. The zero-order chi connectivity index (χ0) is 95.9. The second-order valence-electron chi connectivity index (χ2n) is 34.4. The van der Waals surface area contributed by atoms with Gasteiger partial charge in [-0.15, -0.1) is 0 Å². The molecule has 0 aliphatic carbocycles. The van der Waals surface area contributed by atoms with E-state index in [1.54, 1.807) is 12.1 Å². The number of benzene rings is 14. The third kappa shape index (κ3) is 21.7. The van der Waals surface area contributed by atoms with Crippen molar-refractivity contribution in [3.05, 3.63) is 408 Å². The Hall–Kier alpha value is -10.3. The molecular weight excluding hydrogens is 1790 g/mol. The second-order valence-corrected chi connectivity index (χ2v) is 35.0. The minimum absolute atomic E-state index is 0. The molecule has 1 atom stereocenters. The predicted octanol–water partition coefficient (Wildman–Crippen LogP) is 23.6. The molecule has 0 radical (unpaired) electrons. The van der Waals surface area contributed by atoms with Crippen LogP contribution in [0.25, 0.3) is 136 Å². The molecule has 16 nitrogen and oxygen atoms in total. The van der Waals surface area contributed by atoms with Gasteiger partial charge in [0.05, 0.1) is 39.8 Å². The first-order valence-electron chi connectivity index (χ1n) is 45.9. The average molecular weight is 1890 g/mol. The molecule has 0 saturated carbocycles. The van der Waals surface area contributed by atoms with Gasteiger partial charge in [-0.1, -0.05) is 243 Å². The molecular formula is C116H101FK3N12O4P. The van der Waals surface area contributed by atoms with Gasteiger partial charge >= 0.3 is 123 Å². The zero-order valence-electron chi connectivity index (χ0n) is 81.0. The van der Waals surface area contributed by atoms with E-state index in [1.165, 1.54) is 203 Å². The second kappa shape index (κ2) is 45.3. The molecule has 21 heteroatoms. The summed E-state index contributed by atoms with van der Waals surface area (Å²) in [5.41, 5.74) is 46.8. The van der Waals surface area contributed by atoms with Gasteiger partial charge in [0, 0.05) is 91.0 Å². The van der Waals surface area contributed by atoms with Crippen LogP contribution in [0.15, 0.2) is 291 Å². The molecule has 0 spiro atoms. The first-order valence-corrected chi connectivity index (χ1v) is 63.0. The fourth-order valence-electron chi connectivity index (χ4n) is 18.1. The van der Waals surface area contributed by atoms with Gasteiger partial charge in [0.1, 0.15) is 5.82 Å². The topological polar surface area (TPSA) is 217 Å². The molecule has 4 aromatic heterocycles. The van der Waals surface area contributed by atoms with E-state index >= 15 is 4.39 Å². The van der Waals surface area contributed by atoms with Crippen molar-refractivity contribution >= 4 is 99.8 Å². The van der Waals surface area contributed by atoms with Crippen LogP contribution in [-0.4, -0.2) is 113 Å². The van der Waals surface area contributed by atoms with Crippen molar-refractivity contribution in [1.29, 1.82) is 0 Å². The van der Waals surface area contributed by atoms with Crippen LogP contribution in [0.4, 0.5) is 32.8 Å². The van der Waals surface area contributed by atoms with Crippen LogP contribution < -0.4 is 71.8 Å². The summed E-state index contributed by atoms with van der Waals surface area (Å²) in [6.45, 7) is 36.3. The fraction of sp³-hybridized carbons (Fsp3) is 0.155. The third-order valence-corrected chi connectivity index (χ3v) is 27.1. The number of hydrogen-bond acceptors (Lipinski definition) is 16. The van der Waals surface area contributed by atoms with Gasteiger partial charge in [0.2, 0.25) is 0 Å². The molecule has 0 saturated heterocycles. The van der Waals surface area contributed by atoms with Gasteiger partial charge in [0.25, 0.3) is 0 Å². The van der Waals surface area contributed by atoms with Gasteiger partial charge in [-0.05, 0) is 275 Å². The average Bonchev–Trinajstić information content (AvgIpc) is 0.709. The first kappa shape index (κ1) is 101. The Bertz CT molecular complexity index is 7110. The molecule has 0 fully saturated rings. The van der Waals surface area contributed by atoms with E-state index in [0.29, 0.717) is 69.1 Å². The Labute approximate surface area is 890 Å². The van der Waals surface area contributed by atoms with E-state index < -0.39 is 14.1 Å². The first-order chi connectivity index (χ1) is 65.8. The summed E-state index contributed by atoms with van der Waals surface area (Å²) in [6, 6.07) is 95.5. The number of fused-ring (bicyclic) bond motifs is 4. The Morgan fingerprint density at radius 2 is 0.518 bits per heavy atom. The molecule has 664 valence electrons. The van der Waals surface area contributed by atoms with E-state index in [1.807, 2.05) is 212 Å². The normalized spacial score (nSPS) is 11.5. The molecule has 2 aliphatic heterocycles. The summed E-state index contributed by atoms with van der Waals surface area (Å²) >= 11 is 2.50. The van der Waals surface area contributed by atoms with Crippen molar-refractivity contribution in [1.82, 2.24) is 49.8 Å². The van der Waals surface area contributed by atoms with Crippen LogP contribution in [0.5, 0.6) is 0 Å². The number of anilines is 5. The van der Waals surface area contributed by atoms with Crippen molar-refractivity contribution < 1.29 is 75.2 Å². The summed E-state index contributed by atoms with van der Waals surface area (Å²) < 4.78 is 26.9. The maximum atomic E-state index is 15.6. The van der Waals surface area contributed by atoms with Gasteiger partial charge in [-0.2, -0.15) is 0 Å². The molecule has 0 bridgehead atoms. The fourth-order valence-corrected chi connectivity index (χ4v) is 18.1. The number of rotatable bonds is 14. The number of nitrogens with one attached hydrogen (secondary N) is 1. The number of aromatic nitrogens is 10.